The van der Waals surface area contributed by atoms with Gasteiger partial charge >= 0.3 is 0 Å². The minimum Gasteiger partial charge on any atom is -0.232 e. The monoisotopic (exact) mass is 176 g/mol. The normalized spacial score (nSPS) is 8.20. The summed E-state index contributed by atoms with van der Waals surface area (Å²) < 4.78 is 1.06. The average molecular weight is 177 g/mol. The van der Waals surface area contributed by atoms with E-state index in [4.69, 9.17) is 17.6 Å². The zero-order valence-electron chi connectivity index (χ0n) is 5.29. The highest BCUT2D eigenvalue weighted by molar-refractivity contribution is 7.59. The first-order chi connectivity index (χ1) is 4.30. The van der Waals surface area contributed by atoms with Crippen LogP contribution in [0, 0.1) is 0 Å². The summed E-state index contributed by atoms with van der Waals surface area (Å²) in [7, 11) is 0. The number of hydrogen-bond donors (Lipinski definition) is 1. The lowest BCUT2D eigenvalue weighted by molar-refractivity contribution is 1.19. The fourth-order valence-corrected chi connectivity index (χ4v) is 0.683. The van der Waals surface area contributed by atoms with Crippen molar-refractivity contribution in [3.63, 3.8) is 0 Å². The molecule has 0 fully saturated rings. The fourth-order valence-electron chi connectivity index (χ4n) is 0.570. The molecule has 4 heteroatoms. The minimum atomic E-state index is 0. The van der Waals surface area contributed by atoms with Gasteiger partial charge in [-0.25, -0.2) is 10.4 Å². The van der Waals surface area contributed by atoms with Crippen LogP contribution in [-0.4, -0.2) is 0 Å². The van der Waals surface area contributed by atoms with Crippen molar-refractivity contribution in [2.24, 2.45) is 5.84 Å². The maximum atomic E-state index is 5.41. The number of rotatable bonds is 1. The van der Waals surface area contributed by atoms with Gasteiger partial charge in [0.2, 0.25) is 0 Å². The zero-order valence-corrected chi connectivity index (χ0v) is 7.05. The number of benzene rings is 1. The number of anilines is 1. The molecule has 0 aliphatic rings. The van der Waals surface area contributed by atoms with Gasteiger partial charge in [0.25, 0.3) is 0 Å². The summed E-state index contributed by atoms with van der Waals surface area (Å²) in [5.74, 6) is 5.21. The molecule has 0 atom stereocenters. The SMILES string of the molecule is NN(Cl)c1ccccc1.S. The molecule has 1 aromatic rings. The Balaban J connectivity index is 0.000000810. The standard InChI is InChI=1S/C6H7ClN2.H2S/c7-9(8)6-4-2-1-3-5-6;/h1-5H,8H2;1H2. The number of hydrazine groups is 1. The van der Waals surface area contributed by atoms with Gasteiger partial charge in [0.15, 0.2) is 0 Å². The van der Waals surface area contributed by atoms with Crippen LogP contribution in [0.5, 0.6) is 0 Å². The van der Waals surface area contributed by atoms with Crippen molar-refractivity contribution >= 4 is 31.0 Å². The lowest BCUT2D eigenvalue weighted by Crippen LogP contribution is -2.17. The Morgan fingerprint density at radius 3 is 2.00 bits per heavy atom. The minimum absolute atomic E-state index is 0. The molecule has 0 heterocycles. The maximum Gasteiger partial charge on any atom is 0.0703 e. The highest BCUT2D eigenvalue weighted by atomic mass is 35.5. The van der Waals surface area contributed by atoms with Gasteiger partial charge in [-0.3, -0.25) is 0 Å². The van der Waals surface area contributed by atoms with Crippen molar-refractivity contribution in [3.05, 3.63) is 30.3 Å². The molecular weight excluding hydrogens is 168 g/mol. The summed E-state index contributed by atoms with van der Waals surface area (Å²) >= 11 is 5.41. The Kier molecular flexibility index (Phi) is 4.27. The van der Waals surface area contributed by atoms with Gasteiger partial charge in [-0.15, -0.1) is 0 Å². The molecule has 56 valence electrons. The quantitative estimate of drug-likeness (QED) is 0.401. The van der Waals surface area contributed by atoms with Gasteiger partial charge in [0.05, 0.1) is 5.69 Å². The highest BCUT2D eigenvalue weighted by Crippen LogP contribution is 2.09. The van der Waals surface area contributed by atoms with E-state index >= 15 is 0 Å². The van der Waals surface area contributed by atoms with Crippen molar-refractivity contribution in [1.82, 2.24) is 0 Å². The van der Waals surface area contributed by atoms with E-state index < -0.39 is 0 Å². The van der Waals surface area contributed by atoms with Gasteiger partial charge in [-0.1, -0.05) is 18.2 Å². The van der Waals surface area contributed by atoms with E-state index in [0.29, 0.717) is 0 Å². The van der Waals surface area contributed by atoms with E-state index in [0.717, 1.165) is 10.2 Å². The van der Waals surface area contributed by atoms with Crippen molar-refractivity contribution in [2.45, 2.75) is 0 Å². The number of halogens is 1. The second-order valence-electron chi connectivity index (χ2n) is 1.65. The lowest BCUT2D eigenvalue weighted by Gasteiger charge is -2.05. The van der Waals surface area contributed by atoms with Gasteiger partial charge in [-0.05, 0) is 12.1 Å². The van der Waals surface area contributed by atoms with Crippen LogP contribution in [0.2, 0.25) is 0 Å². The Bertz CT molecular complexity index is 178. The molecule has 10 heavy (non-hydrogen) atoms. The molecule has 0 aliphatic carbocycles. The van der Waals surface area contributed by atoms with E-state index in [-0.39, 0.29) is 13.5 Å². The summed E-state index contributed by atoms with van der Waals surface area (Å²) in [5.41, 5.74) is 0.791. The largest absolute Gasteiger partial charge is 0.232 e. The summed E-state index contributed by atoms with van der Waals surface area (Å²) in [4.78, 5) is 0. The fraction of sp³-hybridized carbons (Fsp3) is 0. The molecule has 0 bridgehead atoms. The Morgan fingerprint density at radius 1 is 1.20 bits per heavy atom. The molecule has 0 amide bonds. The molecule has 0 radical (unpaired) electrons. The molecule has 1 aromatic carbocycles. The van der Waals surface area contributed by atoms with Crippen molar-refractivity contribution < 1.29 is 0 Å². The van der Waals surface area contributed by atoms with Gasteiger partial charge in [0, 0.05) is 11.8 Å². The molecule has 0 aromatic heterocycles. The first-order valence-corrected chi connectivity index (χ1v) is 2.90. The number of nitrogens with zero attached hydrogens (tertiary/aromatic N) is 1. The maximum absolute atomic E-state index is 5.41. The van der Waals surface area contributed by atoms with Gasteiger partial charge in [0.1, 0.15) is 0 Å². The predicted octanol–water partition coefficient (Wildman–Crippen LogP) is 1.63. The molecular formula is C6H9ClN2S. The highest BCUT2D eigenvalue weighted by Gasteiger charge is 1.91. The van der Waals surface area contributed by atoms with Crippen molar-refractivity contribution in [1.29, 1.82) is 0 Å². The van der Waals surface area contributed by atoms with Crippen LogP contribution >= 0.6 is 25.3 Å². The second-order valence-corrected chi connectivity index (χ2v) is 2.01. The van der Waals surface area contributed by atoms with Crippen molar-refractivity contribution in [3.8, 4) is 0 Å². The van der Waals surface area contributed by atoms with Crippen LogP contribution in [0.1, 0.15) is 0 Å². The first kappa shape index (κ1) is 9.62. The van der Waals surface area contributed by atoms with E-state index in [2.05, 4.69) is 0 Å². The number of para-hydroxylation sites is 1. The molecule has 1 rings (SSSR count). The van der Waals surface area contributed by atoms with Gasteiger partial charge < -0.3 is 0 Å². The van der Waals surface area contributed by atoms with Gasteiger partial charge in [-0.2, -0.15) is 13.5 Å². The molecule has 0 saturated heterocycles. The third-order valence-electron chi connectivity index (χ3n) is 1.00. The van der Waals surface area contributed by atoms with Crippen LogP contribution in [0.15, 0.2) is 30.3 Å². The third kappa shape index (κ3) is 2.47. The number of hydrogen-bond acceptors (Lipinski definition) is 2. The topological polar surface area (TPSA) is 29.3 Å². The predicted molar refractivity (Wildman–Crippen MR) is 49.3 cm³/mol. The molecule has 0 aliphatic heterocycles. The van der Waals surface area contributed by atoms with Crippen molar-refractivity contribution in [2.75, 3.05) is 4.53 Å². The van der Waals surface area contributed by atoms with Crippen LogP contribution in [0.3, 0.4) is 0 Å². The van der Waals surface area contributed by atoms with E-state index in [1.165, 1.54) is 0 Å². The molecule has 2 nitrogen and oxygen atoms in total. The Hall–Kier alpha value is -0.380. The molecule has 0 spiro atoms. The Morgan fingerprint density at radius 2 is 1.70 bits per heavy atom. The smallest absolute Gasteiger partial charge is 0.0703 e. The number of nitrogens with two attached hydrogens (primary N) is 1. The summed E-state index contributed by atoms with van der Waals surface area (Å²) in [6, 6.07) is 9.30. The Labute approximate surface area is 72.1 Å². The summed E-state index contributed by atoms with van der Waals surface area (Å²) in [6.45, 7) is 0. The van der Waals surface area contributed by atoms with Crippen LogP contribution in [-0.2, 0) is 0 Å². The third-order valence-corrected chi connectivity index (χ3v) is 1.20. The summed E-state index contributed by atoms with van der Waals surface area (Å²) in [5, 5.41) is 0. The molecule has 0 saturated carbocycles. The van der Waals surface area contributed by atoms with Crippen LogP contribution in [0.4, 0.5) is 5.69 Å². The first-order valence-electron chi connectivity index (χ1n) is 2.56. The average Bonchev–Trinajstić information content (AvgIpc) is 1.90. The summed E-state index contributed by atoms with van der Waals surface area (Å²) in [6.07, 6.45) is 0. The molecule has 0 unspecified atom stereocenters. The molecule has 2 N–H and O–H groups in total. The van der Waals surface area contributed by atoms with E-state index in [1.54, 1.807) is 0 Å². The van der Waals surface area contributed by atoms with E-state index in [9.17, 15) is 0 Å². The zero-order chi connectivity index (χ0) is 6.69. The van der Waals surface area contributed by atoms with Crippen LogP contribution < -0.4 is 10.4 Å². The lowest BCUT2D eigenvalue weighted by atomic mass is 10.3. The van der Waals surface area contributed by atoms with E-state index in [1.807, 2.05) is 30.3 Å². The van der Waals surface area contributed by atoms with Crippen LogP contribution in [0.25, 0.3) is 0 Å². The second kappa shape index (κ2) is 4.44.